The first-order chi connectivity index (χ1) is 64.5. The van der Waals surface area contributed by atoms with Gasteiger partial charge in [0.15, 0.2) is 81.8 Å². The molecule has 8 aromatic heterocycles. The molecule has 34 heteroatoms. The van der Waals surface area contributed by atoms with E-state index in [9.17, 15) is 30.6 Å². The fraction of sp³-hybridized carbons (Fsp3) is 0.306. The molecule has 132 heavy (non-hydrogen) atoms. The van der Waals surface area contributed by atoms with E-state index in [2.05, 4.69) is 135 Å². The van der Waals surface area contributed by atoms with Crippen LogP contribution in [0.3, 0.4) is 0 Å². The Morgan fingerprint density at radius 3 is 0.947 bits per heavy atom. The van der Waals surface area contributed by atoms with Gasteiger partial charge in [-0.2, -0.15) is 0 Å². The minimum atomic E-state index is -1.02. The second-order valence-electron chi connectivity index (χ2n) is 32.6. The van der Waals surface area contributed by atoms with Gasteiger partial charge in [0.05, 0.1) is 84.3 Å². The highest BCUT2D eigenvalue weighted by molar-refractivity contribution is 5.86. The number of hydrogen-bond acceptors (Lipinski definition) is 30. The predicted molar refractivity (Wildman–Crippen MR) is 492 cm³/mol. The Kier molecular flexibility index (Phi) is 27.6. The van der Waals surface area contributed by atoms with Crippen LogP contribution in [0.1, 0.15) is 110 Å². The topological polar surface area (TPSA) is 446 Å². The van der Waals surface area contributed by atoms with Crippen molar-refractivity contribution in [3.63, 3.8) is 0 Å². The summed E-state index contributed by atoms with van der Waals surface area (Å²) in [5, 5.41) is 69.4. The molecule has 16 atom stereocenters. The van der Waals surface area contributed by atoms with Crippen molar-refractivity contribution < 1.29 is 68.5 Å². The van der Waals surface area contributed by atoms with E-state index in [1.165, 1.54) is 38.0 Å². The molecular weight excluding hydrogens is 1680 g/mol. The summed E-state index contributed by atoms with van der Waals surface area (Å²) in [6.07, 6.45) is 4.78. The monoisotopic (exact) mass is 1780 g/mol. The Morgan fingerprint density at radius 1 is 0.341 bits per heavy atom. The number of aromatic nitrogens is 16. The first kappa shape index (κ1) is 90.2. The third-order valence-corrected chi connectivity index (χ3v) is 24.9. The van der Waals surface area contributed by atoms with Gasteiger partial charge >= 0.3 is 0 Å². The van der Waals surface area contributed by atoms with Crippen LogP contribution in [0.5, 0.6) is 11.5 Å². The first-order valence-electron chi connectivity index (χ1n) is 43.7. The summed E-state index contributed by atoms with van der Waals surface area (Å²) in [5.41, 5.74) is 22.4. The third-order valence-electron chi connectivity index (χ3n) is 24.9. The van der Waals surface area contributed by atoms with Crippen molar-refractivity contribution in [2.75, 3.05) is 49.5 Å². The number of imidazole rings is 4. The smallest absolute Gasteiger partial charge is 0.167 e. The minimum Gasteiger partial charge on any atom is -0.497 e. The van der Waals surface area contributed by atoms with Crippen molar-refractivity contribution in [1.29, 1.82) is 0 Å². The van der Waals surface area contributed by atoms with Gasteiger partial charge in [0.2, 0.25) is 0 Å². The van der Waals surface area contributed by atoms with Crippen molar-refractivity contribution in [3.8, 4) is 11.5 Å². The van der Waals surface area contributed by atoms with Crippen LogP contribution in [0.15, 0.2) is 281 Å². The lowest BCUT2D eigenvalue weighted by Gasteiger charge is -2.37. The normalized spacial score (nSPS) is 22.9. The SMILES string of the molecule is CC1[C@@H](CO)O[C@@H](n2cnc3c(N)ncnc32)[C@H]1O.CC[C@H]1O[C@@H](n2cnc3c(NC(c4ccccc4)(c4ccccc4)c4ccccc4)ncnc32)[C@@H](O)C1C.CC[C@H]1O[C@@H](n2cnc3c(NC(c4ccccc4)(c4ccccc4)c4ccccc4)ncnc32)[C@@H](OCc2ccc(OC)cc2)C1O.COc1ccc(CO[C@H]2C(O)[C@@H](CO)O[C@H]2n2cnc3c(N)ncnc32)cc1. The molecule has 0 radical (unpaired) electrons. The number of nitrogen functional groups attached to an aromatic ring is 2. The summed E-state index contributed by atoms with van der Waals surface area (Å²) in [5.74, 6) is 3.04. The molecule has 0 amide bonds. The lowest BCUT2D eigenvalue weighted by Crippen LogP contribution is -2.38. The molecule has 12 N–H and O–H groups in total. The Morgan fingerprint density at radius 2 is 0.629 bits per heavy atom. The van der Waals surface area contributed by atoms with Crippen LogP contribution >= 0.6 is 0 Å². The van der Waals surface area contributed by atoms with Crippen LogP contribution in [0, 0.1) is 11.8 Å². The first-order valence-corrected chi connectivity index (χ1v) is 43.7. The minimum absolute atomic E-state index is 0.0174. The van der Waals surface area contributed by atoms with Gasteiger partial charge in [-0.25, -0.2) is 59.8 Å². The van der Waals surface area contributed by atoms with Crippen molar-refractivity contribution in [1.82, 2.24) is 78.1 Å². The number of aliphatic hydroxyl groups is 6. The molecule has 4 unspecified atom stereocenters. The number of methoxy groups -OCH3 is 2. The van der Waals surface area contributed by atoms with Gasteiger partial charge in [0.1, 0.15) is 102 Å². The number of benzene rings is 8. The zero-order valence-corrected chi connectivity index (χ0v) is 73.3. The standard InChI is InChI=1S/C38H37N5O4.C31H31N5O2.C18H21N5O5.C11H15N5O3/c1-3-31-33(44)34(46-23-26-19-21-30(45-2)22-20-26)37(47-31)43-25-41-32-35(39-24-40-36(32)43)42-38(27-13-7-4-8-14-27,28-15-9-5-10-16-28)29-17-11-6-12-18-29;1-3-25-21(2)27(37)30(38-25)36-20-34-26-28(32-19-33-29(26)36)35-31(22-13-7-4-8-14-22,23-15-9-5-10-16-23)24-17-11-6-12-18-24;1-26-11-4-2-10(3-5-11)7-27-15-14(25)12(6-24)28-18(15)23-9-22-13-16(19)20-8-21-17(13)23;1-5-6(2-17)19-11(8(5)18)16-4-15-7-9(12)13-3-14-10(7)16/h4-22,24-25,31,33-34,37,44H,3,23H2,1-2H3,(H,39,40,42);4-21,25,27,30,37H,3H2,1-2H3,(H,32,33,35);2-5,8-9,12,14-15,18,24-25H,6-7H2,1H3,(H2,19,20,21);3-6,8,11,17-18H,2H2,1H3,(H2,12,13,14)/t31-,33?,34+,37-;21?,25-,27+,30-;12-,14?,15+,18-;5?,6-,8+,11-/m1111/s1. The molecule has 0 aliphatic carbocycles. The Bertz CT molecular complexity index is 6250. The van der Waals surface area contributed by atoms with Crippen molar-refractivity contribution in [2.24, 2.45) is 11.8 Å². The van der Waals surface area contributed by atoms with E-state index in [1.54, 1.807) is 36.0 Å². The molecule has 0 spiro atoms. The summed E-state index contributed by atoms with van der Waals surface area (Å²) in [4.78, 5) is 52.6. The molecule has 680 valence electrons. The molecule has 4 aliphatic heterocycles. The fourth-order valence-electron chi connectivity index (χ4n) is 17.7. The summed E-state index contributed by atoms with van der Waals surface area (Å²) in [6, 6.07) is 77.2. The maximum atomic E-state index is 11.3. The second-order valence-corrected chi connectivity index (χ2v) is 32.6. The van der Waals surface area contributed by atoms with Gasteiger partial charge in [-0.1, -0.05) is 234 Å². The zero-order valence-electron chi connectivity index (χ0n) is 73.3. The quantitative estimate of drug-likeness (QED) is 0.0225. The van der Waals surface area contributed by atoms with Gasteiger partial charge in [-0.05, 0) is 81.6 Å². The number of aliphatic hydroxyl groups excluding tert-OH is 6. The number of ether oxygens (including phenoxy) is 8. The number of nitrogens with one attached hydrogen (secondary N) is 2. The van der Waals surface area contributed by atoms with Crippen LogP contribution in [0.2, 0.25) is 0 Å². The van der Waals surface area contributed by atoms with Crippen LogP contribution in [-0.2, 0) is 52.7 Å². The lowest BCUT2D eigenvalue weighted by atomic mass is 9.77. The molecule has 12 heterocycles. The van der Waals surface area contributed by atoms with Crippen LogP contribution < -0.4 is 31.6 Å². The lowest BCUT2D eigenvalue weighted by molar-refractivity contribution is -0.0761. The molecule has 4 aliphatic rings. The Hall–Kier alpha value is -13.7. The number of nitrogens with two attached hydrogens (primary N) is 2. The van der Waals surface area contributed by atoms with Crippen molar-refractivity contribution >= 4 is 67.9 Å². The highest BCUT2D eigenvalue weighted by Crippen LogP contribution is 2.46. The van der Waals surface area contributed by atoms with E-state index in [0.29, 0.717) is 69.3 Å². The molecule has 0 bridgehead atoms. The molecule has 20 rings (SSSR count). The third kappa shape index (κ3) is 17.8. The maximum Gasteiger partial charge on any atom is 0.167 e. The number of nitrogens with zero attached hydrogens (tertiary/aromatic N) is 16. The highest BCUT2D eigenvalue weighted by Gasteiger charge is 2.49. The van der Waals surface area contributed by atoms with Crippen molar-refractivity contribution in [2.45, 2.75) is 151 Å². The predicted octanol–water partition coefficient (Wildman–Crippen LogP) is 11.6. The molecule has 34 nitrogen and oxygen atoms in total. The number of rotatable bonds is 26. The average molecular weight is 1790 g/mol. The van der Waals surface area contributed by atoms with E-state index in [-0.39, 0.29) is 49.4 Å². The summed E-state index contributed by atoms with van der Waals surface area (Å²) < 4.78 is 53.8. The van der Waals surface area contributed by atoms with E-state index >= 15 is 0 Å². The van der Waals surface area contributed by atoms with Gasteiger partial charge in [0, 0.05) is 11.8 Å². The summed E-state index contributed by atoms with van der Waals surface area (Å²) >= 11 is 0. The van der Waals surface area contributed by atoms with E-state index < -0.39 is 90.9 Å². The zero-order chi connectivity index (χ0) is 91.6. The molecule has 4 fully saturated rings. The van der Waals surface area contributed by atoms with E-state index in [4.69, 9.17) is 64.3 Å². The largest absolute Gasteiger partial charge is 0.497 e. The number of hydrogen-bond donors (Lipinski definition) is 10. The fourth-order valence-corrected chi connectivity index (χ4v) is 17.7. The average Bonchev–Trinajstić information content (AvgIpc) is 1.51. The van der Waals surface area contributed by atoms with Gasteiger partial charge in [-0.3, -0.25) is 18.3 Å². The van der Waals surface area contributed by atoms with Gasteiger partial charge < -0.3 is 90.6 Å². The summed E-state index contributed by atoms with van der Waals surface area (Å²) in [6.45, 7) is 7.97. The Balaban J connectivity index is 0.000000129. The maximum absolute atomic E-state index is 11.3. The molecule has 0 saturated carbocycles. The second kappa shape index (κ2) is 40.3. The van der Waals surface area contributed by atoms with Crippen LogP contribution in [0.25, 0.3) is 44.7 Å². The molecule has 4 saturated heterocycles. The van der Waals surface area contributed by atoms with E-state index in [1.807, 2.05) is 188 Å². The molecule has 8 aromatic carbocycles. The van der Waals surface area contributed by atoms with Crippen LogP contribution in [0.4, 0.5) is 23.3 Å². The summed E-state index contributed by atoms with van der Waals surface area (Å²) in [7, 11) is 3.24. The van der Waals surface area contributed by atoms with E-state index in [0.717, 1.165) is 62.4 Å². The number of anilines is 4. The number of fused-ring (bicyclic) bond motifs is 4. The molecule has 16 aromatic rings. The highest BCUT2D eigenvalue weighted by atomic mass is 16.6. The van der Waals surface area contributed by atoms with Gasteiger partial charge in [0.25, 0.3) is 0 Å². The Labute approximate surface area is 759 Å². The van der Waals surface area contributed by atoms with Crippen molar-refractivity contribution in [3.05, 3.63) is 326 Å². The molecular formula is C98H104N20O14. The van der Waals surface area contributed by atoms with Crippen LogP contribution in [-0.4, -0.2) is 197 Å². The van der Waals surface area contributed by atoms with Gasteiger partial charge in [-0.15, -0.1) is 0 Å².